The van der Waals surface area contributed by atoms with Crippen LogP contribution in [0.2, 0.25) is 5.02 Å². The van der Waals surface area contributed by atoms with Crippen LogP contribution in [-0.4, -0.2) is 16.8 Å². The van der Waals surface area contributed by atoms with Crippen molar-refractivity contribution in [2.45, 2.75) is 31.9 Å². The van der Waals surface area contributed by atoms with Crippen LogP contribution in [0.1, 0.15) is 40.4 Å². The van der Waals surface area contributed by atoms with Gasteiger partial charge in [0.2, 0.25) is 0 Å². The summed E-state index contributed by atoms with van der Waals surface area (Å²) in [5.41, 5.74) is 1.69. The molecule has 0 fully saturated rings. The highest BCUT2D eigenvalue weighted by atomic mass is 35.5. The normalized spacial score (nSPS) is 17.8. The molecule has 1 aliphatic heterocycles. The van der Waals surface area contributed by atoms with Gasteiger partial charge in [-0.2, -0.15) is 0 Å². The molecular weight excluding hydrogens is 398 g/mol. The zero-order valence-corrected chi connectivity index (χ0v) is 17.4. The van der Waals surface area contributed by atoms with Gasteiger partial charge in [0.15, 0.2) is 11.4 Å². The Kier molecular flexibility index (Phi) is 5.46. The number of benzene rings is 3. The highest BCUT2D eigenvalue weighted by Gasteiger charge is 2.50. The van der Waals surface area contributed by atoms with Crippen LogP contribution in [-0.2, 0) is 23.4 Å². The second-order valence-electron chi connectivity index (χ2n) is 7.55. The first-order valence-corrected chi connectivity index (χ1v) is 10.3. The molecule has 3 aromatic carbocycles. The summed E-state index contributed by atoms with van der Waals surface area (Å²) in [5, 5.41) is 12.0. The molecule has 1 aliphatic rings. The third-order valence-corrected chi connectivity index (χ3v) is 5.85. The Hall–Kier alpha value is -2.95. The number of carbonyl (C=O) groups is 2. The Balaban J connectivity index is 1.64. The topological polar surface area (TPSA) is 57.6 Å². The maximum absolute atomic E-state index is 13.3. The molecular formula is C25H22ClNO3. The van der Waals surface area contributed by atoms with Crippen molar-refractivity contribution in [2.75, 3.05) is 4.90 Å². The van der Waals surface area contributed by atoms with Crippen molar-refractivity contribution in [3.63, 3.8) is 0 Å². The smallest absolute Gasteiger partial charge is 0.264 e. The van der Waals surface area contributed by atoms with E-state index in [1.165, 1.54) is 4.90 Å². The Morgan fingerprint density at radius 1 is 0.967 bits per heavy atom. The number of hydrogen-bond donors (Lipinski definition) is 1. The molecule has 152 valence electrons. The lowest BCUT2D eigenvalue weighted by atomic mass is 9.88. The van der Waals surface area contributed by atoms with Gasteiger partial charge in [0.1, 0.15) is 0 Å². The monoisotopic (exact) mass is 419 g/mol. The fraction of sp³-hybridized carbons (Fsp3) is 0.200. The van der Waals surface area contributed by atoms with E-state index in [1.807, 2.05) is 37.3 Å². The zero-order valence-electron chi connectivity index (χ0n) is 16.6. The molecule has 30 heavy (non-hydrogen) atoms. The van der Waals surface area contributed by atoms with Gasteiger partial charge in [-0.1, -0.05) is 73.1 Å². The number of carbonyl (C=O) groups excluding carboxylic acids is 2. The number of ketones is 1. The number of aryl methyl sites for hydroxylation is 1. The molecule has 0 saturated heterocycles. The Bertz CT molecular complexity index is 1090. The van der Waals surface area contributed by atoms with E-state index in [2.05, 4.69) is 0 Å². The van der Waals surface area contributed by atoms with Gasteiger partial charge in [0.05, 0.1) is 18.7 Å². The predicted molar refractivity (Wildman–Crippen MR) is 118 cm³/mol. The van der Waals surface area contributed by atoms with Gasteiger partial charge in [0, 0.05) is 16.1 Å². The molecule has 1 amide bonds. The zero-order chi connectivity index (χ0) is 21.3. The van der Waals surface area contributed by atoms with E-state index in [0.29, 0.717) is 21.8 Å². The number of rotatable bonds is 6. The van der Waals surface area contributed by atoms with E-state index in [0.717, 1.165) is 17.5 Å². The van der Waals surface area contributed by atoms with Gasteiger partial charge in [-0.05, 0) is 35.7 Å². The number of hydrogen-bond acceptors (Lipinski definition) is 3. The third kappa shape index (κ3) is 3.64. The second kappa shape index (κ2) is 8.05. The summed E-state index contributed by atoms with van der Waals surface area (Å²) in [6.45, 7) is 2.33. The summed E-state index contributed by atoms with van der Waals surface area (Å²) in [7, 11) is 0. The van der Waals surface area contributed by atoms with E-state index in [1.54, 1.807) is 42.5 Å². The van der Waals surface area contributed by atoms with Gasteiger partial charge in [-0.15, -0.1) is 0 Å². The first kappa shape index (κ1) is 20.3. The molecule has 1 atom stereocenters. The SMILES string of the molecule is CCc1ccc(C(=O)C[C@@]2(O)C(=O)N(Cc3ccc(Cl)cc3)c3ccccc32)cc1. The van der Waals surface area contributed by atoms with Crippen molar-refractivity contribution in [2.24, 2.45) is 0 Å². The van der Waals surface area contributed by atoms with Crippen LogP contribution >= 0.6 is 11.6 Å². The van der Waals surface area contributed by atoms with Gasteiger partial charge in [-0.3, -0.25) is 9.59 Å². The van der Waals surface area contributed by atoms with Crippen molar-refractivity contribution in [1.29, 1.82) is 0 Å². The van der Waals surface area contributed by atoms with Crippen molar-refractivity contribution < 1.29 is 14.7 Å². The van der Waals surface area contributed by atoms with Crippen LogP contribution < -0.4 is 4.90 Å². The standard InChI is InChI=1S/C25H22ClNO3/c1-2-17-7-11-19(12-8-17)23(28)15-25(30)21-5-3-4-6-22(21)27(24(25)29)16-18-9-13-20(26)14-10-18/h3-14,30H,2,15-16H2,1H3/t25-/m0/s1. The molecule has 0 aliphatic carbocycles. The van der Waals surface area contributed by atoms with Gasteiger partial charge < -0.3 is 10.0 Å². The average Bonchev–Trinajstić information content (AvgIpc) is 2.97. The number of fused-ring (bicyclic) bond motifs is 1. The van der Waals surface area contributed by atoms with E-state index in [9.17, 15) is 14.7 Å². The Morgan fingerprint density at radius 2 is 1.60 bits per heavy atom. The molecule has 0 unspecified atom stereocenters. The lowest BCUT2D eigenvalue weighted by Gasteiger charge is -2.23. The maximum atomic E-state index is 13.3. The number of amides is 1. The second-order valence-corrected chi connectivity index (χ2v) is 7.98. The lowest BCUT2D eigenvalue weighted by molar-refractivity contribution is -0.136. The quantitative estimate of drug-likeness (QED) is 0.577. The number of anilines is 1. The minimum atomic E-state index is -1.89. The molecule has 4 rings (SSSR count). The van der Waals surface area contributed by atoms with Crippen LogP contribution in [0, 0.1) is 0 Å². The van der Waals surface area contributed by atoms with Gasteiger partial charge >= 0.3 is 0 Å². The highest BCUT2D eigenvalue weighted by molar-refractivity contribution is 6.30. The minimum Gasteiger partial charge on any atom is -0.375 e. The third-order valence-electron chi connectivity index (χ3n) is 5.59. The number of nitrogens with zero attached hydrogens (tertiary/aromatic N) is 1. The molecule has 0 radical (unpaired) electrons. The van der Waals surface area contributed by atoms with Crippen molar-refractivity contribution in [1.82, 2.24) is 0 Å². The molecule has 5 heteroatoms. The Morgan fingerprint density at radius 3 is 2.27 bits per heavy atom. The number of halogens is 1. The molecule has 0 bridgehead atoms. The molecule has 4 nitrogen and oxygen atoms in total. The summed E-state index contributed by atoms with van der Waals surface area (Å²) in [6, 6.07) is 21.6. The molecule has 3 aromatic rings. The lowest BCUT2D eigenvalue weighted by Crippen LogP contribution is -2.41. The summed E-state index contributed by atoms with van der Waals surface area (Å²) < 4.78 is 0. The fourth-order valence-electron chi connectivity index (χ4n) is 3.87. The van der Waals surface area contributed by atoms with Crippen LogP contribution in [0.3, 0.4) is 0 Å². The van der Waals surface area contributed by atoms with Crippen LogP contribution in [0.15, 0.2) is 72.8 Å². The van der Waals surface area contributed by atoms with Crippen molar-refractivity contribution in [3.8, 4) is 0 Å². The van der Waals surface area contributed by atoms with E-state index >= 15 is 0 Å². The van der Waals surface area contributed by atoms with Crippen LogP contribution in [0.25, 0.3) is 0 Å². The summed E-state index contributed by atoms with van der Waals surface area (Å²) in [5.74, 6) is -0.756. The first-order valence-electron chi connectivity index (χ1n) is 9.93. The number of para-hydroxylation sites is 1. The fourth-order valence-corrected chi connectivity index (χ4v) is 3.99. The largest absolute Gasteiger partial charge is 0.375 e. The van der Waals surface area contributed by atoms with Crippen LogP contribution in [0.5, 0.6) is 0 Å². The molecule has 0 saturated carbocycles. The van der Waals surface area contributed by atoms with Crippen molar-refractivity contribution >= 4 is 29.0 Å². The number of Topliss-reactive ketones (excluding diaryl/α,β-unsaturated/α-hetero) is 1. The van der Waals surface area contributed by atoms with Gasteiger partial charge in [-0.25, -0.2) is 0 Å². The molecule has 1 heterocycles. The van der Waals surface area contributed by atoms with E-state index in [-0.39, 0.29) is 18.7 Å². The summed E-state index contributed by atoms with van der Waals surface area (Å²) in [6.07, 6.45) is 0.579. The maximum Gasteiger partial charge on any atom is 0.264 e. The number of aliphatic hydroxyl groups is 1. The van der Waals surface area contributed by atoms with E-state index in [4.69, 9.17) is 11.6 Å². The molecule has 0 spiro atoms. The molecule has 1 N–H and O–H groups in total. The van der Waals surface area contributed by atoms with Crippen molar-refractivity contribution in [3.05, 3.63) is 100 Å². The minimum absolute atomic E-state index is 0.267. The van der Waals surface area contributed by atoms with Crippen LogP contribution in [0.4, 0.5) is 5.69 Å². The molecule has 0 aromatic heterocycles. The highest BCUT2D eigenvalue weighted by Crippen LogP contribution is 2.43. The van der Waals surface area contributed by atoms with Gasteiger partial charge in [0.25, 0.3) is 5.91 Å². The Labute approximate surface area is 180 Å². The van der Waals surface area contributed by atoms with E-state index < -0.39 is 11.5 Å². The average molecular weight is 420 g/mol. The first-order chi connectivity index (χ1) is 14.4. The summed E-state index contributed by atoms with van der Waals surface area (Å²) in [4.78, 5) is 27.8. The predicted octanol–water partition coefficient (Wildman–Crippen LogP) is 4.91. The summed E-state index contributed by atoms with van der Waals surface area (Å²) >= 11 is 5.96.